The fraction of sp³-hybridized carbons (Fsp3) is 0.158. The highest BCUT2D eigenvalue weighted by molar-refractivity contribution is 6.00. The number of fused-ring (bicyclic) bond motifs is 1. The average molecular weight is 306 g/mol. The van der Waals surface area contributed by atoms with Crippen molar-refractivity contribution in [1.29, 1.82) is 0 Å². The Balaban J connectivity index is 1.97. The smallest absolute Gasteiger partial charge is 0.261 e. The van der Waals surface area contributed by atoms with Gasteiger partial charge >= 0.3 is 0 Å². The number of aromatic amines is 1. The van der Waals surface area contributed by atoms with Gasteiger partial charge in [0.2, 0.25) is 0 Å². The van der Waals surface area contributed by atoms with E-state index in [1.807, 2.05) is 61.5 Å². The van der Waals surface area contributed by atoms with Gasteiger partial charge in [-0.1, -0.05) is 48.5 Å². The minimum absolute atomic E-state index is 0.172. The molecule has 116 valence electrons. The minimum Gasteiger partial charge on any atom is -0.345 e. The van der Waals surface area contributed by atoms with Gasteiger partial charge in [0.15, 0.2) is 0 Å². The van der Waals surface area contributed by atoms with Crippen molar-refractivity contribution in [3.63, 3.8) is 0 Å². The summed E-state index contributed by atoms with van der Waals surface area (Å²) in [6, 6.07) is 17.0. The van der Waals surface area contributed by atoms with Gasteiger partial charge in [0, 0.05) is 10.9 Å². The van der Waals surface area contributed by atoms with Gasteiger partial charge in [0.05, 0.1) is 6.04 Å². The zero-order valence-corrected chi connectivity index (χ0v) is 13.1. The van der Waals surface area contributed by atoms with E-state index in [-0.39, 0.29) is 23.1 Å². The SMILES string of the molecule is Cc1c(C(=O)N[C@H](C)c2ccccc2)c(=O)[nH]c2ccccc12. The predicted molar refractivity (Wildman–Crippen MR) is 91.6 cm³/mol. The molecule has 1 heterocycles. The van der Waals surface area contributed by atoms with Crippen LogP contribution in [0.3, 0.4) is 0 Å². The second kappa shape index (κ2) is 6.08. The molecule has 3 aromatic rings. The number of aromatic nitrogens is 1. The van der Waals surface area contributed by atoms with Crippen LogP contribution in [0.25, 0.3) is 10.9 Å². The highest BCUT2D eigenvalue weighted by Crippen LogP contribution is 2.18. The molecule has 23 heavy (non-hydrogen) atoms. The molecule has 1 atom stereocenters. The number of pyridine rings is 1. The van der Waals surface area contributed by atoms with Crippen LogP contribution >= 0.6 is 0 Å². The van der Waals surface area contributed by atoms with Crippen LogP contribution in [0, 0.1) is 6.92 Å². The normalized spacial score (nSPS) is 12.1. The Hall–Kier alpha value is -2.88. The molecule has 0 aliphatic carbocycles. The van der Waals surface area contributed by atoms with E-state index in [0.717, 1.165) is 16.5 Å². The number of carbonyl (C=O) groups is 1. The monoisotopic (exact) mass is 306 g/mol. The molecule has 0 aliphatic rings. The highest BCUT2D eigenvalue weighted by atomic mass is 16.2. The van der Waals surface area contributed by atoms with Gasteiger partial charge in [-0.05, 0) is 31.0 Å². The number of para-hydroxylation sites is 1. The molecule has 2 aromatic carbocycles. The van der Waals surface area contributed by atoms with Crippen molar-refractivity contribution >= 4 is 16.8 Å². The van der Waals surface area contributed by atoms with Crippen molar-refractivity contribution in [3.8, 4) is 0 Å². The summed E-state index contributed by atoms with van der Waals surface area (Å²) in [5.74, 6) is -0.356. The van der Waals surface area contributed by atoms with E-state index < -0.39 is 0 Å². The summed E-state index contributed by atoms with van der Waals surface area (Å²) in [7, 11) is 0. The minimum atomic E-state index is -0.362. The van der Waals surface area contributed by atoms with Gasteiger partial charge in [0.1, 0.15) is 5.56 Å². The Morgan fingerprint density at radius 2 is 1.70 bits per heavy atom. The number of nitrogens with one attached hydrogen (secondary N) is 2. The lowest BCUT2D eigenvalue weighted by molar-refractivity contribution is 0.0938. The van der Waals surface area contributed by atoms with E-state index in [9.17, 15) is 9.59 Å². The third-order valence-corrected chi connectivity index (χ3v) is 4.06. The number of H-pyrrole nitrogens is 1. The topological polar surface area (TPSA) is 62.0 Å². The molecule has 0 aliphatic heterocycles. The fourth-order valence-electron chi connectivity index (χ4n) is 2.78. The molecule has 1 aromatic heterocycles. The van der Waals surface area contributed by atoms with Crippen molar-refractivity contribution in [2.24, 2.45) is 0 Å². The summed E-state index contributed by atoms with van der Waals surface area (Å²) >= 11 is 0. The number of carbonyl (C=O) groups excluding carboxylic acids is 1. The van der Waals surface area contributed by atoms with Crippen LogP contribution in [0.4, 0.5) is 0 Å². The summed E-state index contributed by atoms with van der Waals surface area (Å²) < 4.78 is 0. The molecule has 0 fully saturated rings. The molecular weight excluding hydrogens is 288 g/mol. The quantitative estimate of drug-likeness (QED) is 0.779. The standard InChI is InChI=1S/C19H18N2O2/c1-12-15-10-6-7-11-16(15)21-19(23)17(12)18(22)20-13(2)14-8-4-3-5-9-14/h3-11,13H,1-2H3,(H,20,22)(H,21,23)/t13-/m1/s1. The lowest BCUT2D eigenvalue weighted by atomic mass is 10.0. The van der Waals surface area contributed by atoms with E-state index >= 15 is 0 Å². The van der Waals surface area contributed by atoms with Gasteiger partial charge in [-0.25, -0.2) is 0 Å². The Kier molecular flexibility index (Phi) is 3.98. The Morgan fingerprint density at radius 3 is 2.43 bits per heavy atom. The molecule has 4 nitrogen and oxygen atoms in total. The molecule has 0 saturated heterocycles. The van der Waals surface area contributed by atoms with Gasteiger partial charge in [-0.2, -0.15) is 0 Å². The first-order valence-electron chi connectivity index (χ1n) is 7.55. The van der Waals surface area contributed by atoms with Gasteiger partial charge in [-0.15, -0.1) is 0 Å². The maximum atomic E-state index is 12.6. The molecule has 0 unspecified atom stereocenters. The molecule has 0 saturated carbocycles. The summed E-state index contributed by atoms with van der Waals surface area (Å²) in [6.45, 7) is 3.71. The van der Waals surface area contributed by atoms with Crippen LogP contribution in [0.2, 0.25) is 0 Å². The molecule has 1 amide bonds. The molecule has 3 rings (SSSR count). The van der Waals surface area contributed by atoms with E-state index in [1.54, 1.807) is 6.92 Å². The van der Waals surface area contributed by atoms with E-state index in [2.05, 4.69) is 10.3 Å². The number of hydrogen-bond acceptors (Lipinski definition) is 2. The van der Waals surface area contributed by atoms with Crippen LogP contribution in [0.1, 0.15) is 34.5 Å². The van der Waals surface area contributed by atoms with E-state index in [0.29, 0.717) is 5.56 Å². The summed E-state index contributed by atoms with van der Waals surface area (Å²) in [4.78, 5) is 27.7. The van der Waals surface area contributed by atoms with Crippen molar-refractivity contribution in [3.05, 3.63) is 81.6 Å². The first kappa shape index (κ1) is 15.0. The second-order valence-electron chi connectivity index (χ2n) is 5.61. The maximum Gasteiger partial charge on any atom is 0.261 e. The average Bonchev–Trinajstić information content (AvgIpc) is 2.55. The number of hydrogen-bond donors (Lipinski definition) is 2. The van der Waals surface area contributed by atoms with Crippen molar-refractivity contribution in [2.75, 3.05) is 0 Å². The Labute approximate surface area is 134 Å². The van der Waals surface area contributed by atoms with Crippen LogP contribution in [0.5, 0.6) is 0 Å². The van der Waals surface area contributed by atoms with Crippen molar-refractivity contribution < 1.29 is 4.79 Å². The lowest BCUT2D eigenvalue weighted by Crippen LogP contribution is -2.32. The lowest BCUT2D eigenvalue weighted by Gasteiger charge is -2.15. The number of benzene rings is 2. The first-order chi connectivity index (χ1) is 11.1. The van der Waals surface area contributed by atoms with Gasteiger partial charge in [-0.3, -0.25) is 9.59 Å². The molecule has 0 radical (unpaired) electrons. The molecule has 0 spiro atoms. The van der Waals surface area contributed by atoms with Crippen LogP contribution in [0.15, 0.2) is 59.4 Å². The van der Waals surface area contributed by atoms with Crippen LogP contribution < -0.4 is 10.9 Å². The van der Waals surface area contributed by atoms with Crippen molar-refractivity contribution in [1.82, 2.24) is 10.3 Å². The van der Waals surface area contributed by atoms with Crippen LogP contribution in [-0.2, 0) is 0 Å². The van der Waals surface area contributed by atoms with Crippen LogP contribution in [-0.4, -0.2) is 10.9 Å². The molecular formula is C19H18N2O2. The number of rotatable bonds is 3. The third kappa shape index (κ3) is 2.88. The second-order valence-corrected chi connectivity index (χ2v) is 5.61. The zero-order valence-electron chi connectivity index (χ0n) is 13.1. The molecule has 4 heteroatoms. The highest BCUT2D eigenvalue weighted by Gasteiger charge is 2.18. The number of aryl methyl sites for hydroxylation is 1. The van der Waals surface area contributed by atoms with Crippen molar-refractivity contribution in [2.45, 2.75) is 19.9 Å². The van der Waals surface area contributed by atoms with Gasteiger partial charge in [0.25, 0.3) is 11.5 Å². The van der Waals surface area contributed by atoms with Gasteiger partial charge < -0.3 is 10.3 Å². The third-order valence-electron chi connectivity index (χ3n) is 4.06. The predicted octanol–water partition coefficient (Wildman–Crippen LogP) is 3.33. The maximum absolute atomic E-state index is 12.6. The summed E-state index contributed by atoms with van der Waals surface area (Å²) in [6.07, 6.45) is 0. The Bertz CT molecular complexity index is 914. The number of amides is 1. The summed E-state index contributed by atoms with van der Waals surface area (Å²) in [5.41, 5.74) is 2.24. The van der Waals surface area contributed by atoms with E-state index in [4.69, 9.17) is 0 Å². The van der Waals surface area contributed by atoms with E-state index in [1.165, 1.54) is 0 Å². The molecule has 0 bridgehead atoms. The molecule has 2 N–H and O–H groups in total. The zero-order chi connectivity index (χ0) is 16.4. The Morgan fingerprint density at radius 1 is 1.04 bits per heavy atom. The summed E-state index contributed by atoms with van der Waals surface area (Å²) in [5, 5.41) is 3.78. The largest absolute Gasteiger partial charge is 0.345 e. The first-order valence-corrected chi connectivity index (χ1v) is 7.55. The fourth-order valence-corrected chi connectivity index (χ4v) is 2.78.